The second-order valence-corrected chi connectivity index (χ2v) is 6.77. The summed E-state index contributed by atoms with van der Waals surface area (Å²) >= 11 is 3.65. The number of ether oxygens (including phenoxy) is 2. The number of halogens is 1. The molecule has 22 heavy (non-hydrogen) atoms. The maximum atomic E-state index is 9.72. The van der Waals surface area contributed by atoms with E-state index in [9.17, 15) is 5.11 Å². The van der Waals surface area contributed by atoms with Crippen LogP contribution in [-0.4, -0.2) is 42.9 Å². The SMILES string of the molecule is COc1ccc(CN2CCCC[C@@H]2C[C@H](C)O)c(Br)c1OC. The monoisotopic (exact) mass is 371 g/mol. The molecule has 1 fully saturated rings. The first-order valence-corrected chi connectivity index (χ1v) is 8.67. The number of aliphatic hydroxyl groups excluding tert-OH is 1. The second kappa shape index (κ2) is 8.18. The number of hydrogen-bond acceptors (Lipinski definition) is 4. The van der Waals surface area contributed by atoms with Gasteiger partial charge in [-0.05, 0) is 60.3 Å². The summed E-state index contributed by atoms with van der Waals surface area (Å²) in [6.45, 7) is 3.82. The third-order valence-corrected chi connectivity index (χ3v) is 5.17. The van der Waals surface area contributed by atoms with Crippen LogP contribution in [0.15, 0.2) is 16.6 Å². The smallest absolute Gasteiger partial charge is 0.175 e. The Morgan fingerprint density at radius 2 is 2.09 bits per heavy atom. The van der Waals surface area contributed by atoms with Crippen LogP contribution in [0.5, 0.6) is 11.5 Å². The summed E-state index contributed by atoms with van der Waals surface area (Å²) in [5, 5.41) is 9.72. The molecule has 2 atom stereocenters. The van der Waals surface area contributed by atoms with E-state index in [-0.39, 0.29) is 6.10 Å². The normalized spacial score (nSPS) is 20.7. The molecule has 2 rings (SSSR count). The van der Waals surface area contributed by atoms with Gasteiger partial charge in [-0.1, -0.05) is 12.5 Å². The Balaban J connectivity index is 2.17. The molecule has 1 saturated heterocycles. The minimum atomic E-state index is -0.251. The zero-order chi connectivity index (χ0) is 16.1. The summed E-state index contributed by atoms with van der Waals surface area (Å²) < 4.78 is 11.7. The molecule has 5 heteroatoms. The van der Waals surface area contributed by atoms with Gasteiger partial charge in [0.25, 0.3) is 0 Å². The molecule has 1 aromatic rings. The number of methoxy groups -OCH3 is 2. The van der Waals surface area contributed by atoms with E-state index in [4.69, 9.17) is 9.47 Å². The standard InChI is InChI=1S/C17H26BrNO3/c1-12(20)10-14-6-4-5-9-19(14)11-13-7-8-15(21-2)17(22-3)16(13)18/h7-8,12,14,20H,4-6,9-11H2,1-3H3/t12-,14+/m0/s1. The van der Waals surface area contributed by atoms with Gasteiger partial charge in [-0.15, -0.1) is 0 Å². The van der Waals surface area contributed by atoms with Crippen molar-refractivity contribution in [2.75, 3.05) is 20.8 Å². The Kier molecular flexibility index (Phi) is 6.53. The van der Waals surface area contributed by atoms with Crippen LogP contribution in [0.25, 0.3) is 0 Å². The predicted molar refractivity (Wildman–Crippen MR) is 91.6 cm³/mol. The van der Waals surface area contributed by atoms with Gasteiger partial charge in [0.15, 0.2) is 11.5 Å². The van der Waals surface area contributed by atoms with Gasteiger partial charge < -0.3 is 14.6 Å². The molecule has 0 bridgehead atoms. The van der Waals surface area contributed by atoms with Crippen LogP contribution in [0.3, 0.4) is 0 Å². The average molecular weight is 372 g/mol. The van der Waals surface area contributed by atoms with Gasteiger partial charge in [-0.25, -0.2) is 0 Å². The molecule has 1 aliphatic rings. The Morgan fingerprint density at radius 3 is 2.73 bits per heavy atom. The number of hydrogen-bond donors (Lipinski definition) is 1. The van der Waals surface area contributed by atoms with E-state index in [1.165, 1.54) is 18.4 Å². The molecule has 0 amide bonds. The molecule has 124 valence electrons. The molecule has 0 aliphatic carbocycles. The molecule has 1 heterocycles. The Morgan fingerprint density at radius 1 is 1.32 bits per heavy atom. The van der Waals surface area contributed by atoms with E-state index in [1.54, 1.807) is 14.2 Å². The minimum absolute atomic E-state index is 0.251. The lowest BCUT2D eigenvalue weighted by molar-refractivity contribution is 0.0815. The van der Waals surface area contributed by atoms with Crippen molar-refractivity contribution >= 4 is 15.9 Å². The van der Waals surface area contributed by atoms with E-state index in [0.29, 0.717) is 6.04 Å². The quantitative estimate of drug-likeness (QED) is 0.829. The van der Waals surface area contributed by atoms with Crippen molar-refractivity contribution in [1.29, 1.82) is 0 Å². The first-order chi connectivity index (χ1) is 10.6. The lowest BCUT2D eigenvalue weighted by atomic mass is 9.96. The van der Waals surface area contributed by atoms with Crippen LogP contribution in [0.4, 0.5) is 0 Å². The van der Waals surface area contributed by atoms with E-state index in [0.717, 1.165) is 41.9 Å². The largest absolute Gasteiger partial charge is 0.493 e. The third-order valence-electron chi connectivity index (χ3n) is 4.30. The highest BCUT2D eigenvalue weighted by molar-refractivity contribution is 9.10. The van der Waals surface area contributed by atoms with Crippen LogP contribution in [0.2, 0.25) is 0 Å². The topological polar surface area (TPSA) is 41.9 Å². The molecule has 4 nitrogen and oxygen atoms in total. The van der Waals surface area contributed by atoms with Crippen molar-refractivity contribution in [2.45, 2.75) is 51.3 Å². The maximum Gasteiger partial charge on any atom is 0.175 e. The number of rotatable bonds is 6. The van der Waals surface area contributed by atoms with Crippen molar-refractivity contribution in [1.82, 2.24) is 4.90 Å². The van der Waals surface area contributed by atoms with Gasteiger partial charge in [0.1, 0.15) is 0 Å². The summed E-state index contributed by atoms with van der Waals surface area (Å²) in [5.41, 5.74) is 1.19. The lowest BCUT2D eigenvalue weighted by Crippen LogP contribution is -2.40. The van der Waals surface area contributed by atoms with Crippen molar-refractivity contribution in [3.05, 3.63) is 22.2 Å². The fourth-order valence-electron chi connectivity index (χ4n) is 3.20. The van der Waals surface area contributed by atoms with Crippen molar-refractivity contribution in [3.63, 3.8) is 0 Å². The number of benzene rings is 1. The fraction of sp³-hybridized carbons (Fsp3) is 0.647. The molecule has 0 saturated carbocycles. The summed E-state index contributed by atoms with van der Waals surface area (Å²) in [5.74, 6) is 1.47. The molecule has 0 aromatic heterocycles. The van der Waals surface area contributed by atoms with Crippen molar-refractivity contribution in [3.8, 4) is 11.5 Å². The zero-order valence-electron chi connectivity index (χ0n) is 13.6. The predicted octanol–water partition coefficient (Wildman–Crippen LogP) is 3.59. The number of likely N-dealkylation sites (tertiary alicyclic amines) is 1. The summed E-state index contributed by atoms with van der Waals surface area (Å²) in [6, 6.07) is 4.49. The van der Waals surface area contributed by atoms with E-state index < -0.39 is 0 Å². The second-order valence-electron chi connectivity index (χ2n) is 5.98. The number of aliphatic hydroxyl groups is 1. The Labute approximate surface area is 141 Å². The van der Waals surface area contributed by atoms with Gasteiger partial charge in [0.2, 0.25) is 0 Å². The van der Waals surface area contributed by atoms with Gasteiger partial charge in [-0.3, -0.25) is 4.90 Å². The fourth-order valence-corrected chi connectivity index (χ4v) is 3.81. The highest BCUT2D eigenvalue weighted by Gasteiger charge is 2.25. The molecule has 0 spiro atoms. The van der Waals surface area contributed by atoms with E-state index in [2.05, 4.69) is 26.9 Å². The van der Waals surface area contributed by atoms with Crippen molar-refractivity contribution < 1.29 is 14.6 Å². The third kappa shape index (κ3) is 4.15. The Hall–Kier alpha value is -0.780. The molecular formula is C17H26BrNO3. The summed E-state index contributed by atoms with van der Waals surface area (Å²) in [4.78, 5) is 2.47. The summed E-state index contributed by atoms with van der Waals surface area (Å²) in [7, 11) is 3.30. The van der Waals surface area contributed by atoms with Gasteiger partial charge in [0, 0.05) is 12.6 Å². The van der Waals surface area contributed by atoms with Crippen LogP contribution < -0.4 is 9.47 Å². The first-order valence-electron chi connectivity index (χ1n) is 7.88. The van der Waals surface area contributed by atoms with Crippen LogP contribution in [-0.2, 0) is 6.54 Å². The van der Waals surface area contributed by atoms with Gasteiger partial charge in [0.05, 0.1) is 24.8 Å². The molecular weight excluding hydrogens is 346 g/mol. The molecule has 0 unspecified atom stereocenters. The minimum Gasteiger partial charge on any atom is -0.493 e. The molecule has 1 N–H and O–H groups in total. The van der Waals surface area contributed by atoms with Crippen LogP contribution >= 0.6 is 15.9 Å². The molecule has 0 radical (unpaired) electrons. The number of piperidine rings is 1. The van der Waals surface area contributed by atoms with E-state index in [1.807, 2.05) is 13.0 Å². The summed E-state index contributed by atoms with van der Waals surface area (Å²) in [6.07, 6.45) is 4.22. The highest BCUT2D eigenvalue weighted by Crippen LogP contribution is 2.38. The lowest BCUT2D eigenvalue weighted by Gasteiger charge is -2.36. The van der Waals surface area contributed by atoms with Crippen molar-refractivity contribution in [2.24, 2.45) is 0 Å². The van der Waals surface area contributed by atoms with Gasteiger partial charge >= 0.3 is 0 Å². The van der Waals surface area contributed by atoms with E-state index >= 15 is 0 Å². The maximum absolute atomic E-state index is 9.72. The van der Waals surface area contributed by atoms with Gasteiger partial charge in [-0.2, -0.15) is 0 Å². The molecule has 1 aromatic carbocycles. The van der Waals surface area contributed by atoms with Crippen LogP contribution in [0, 0.1) is 0 Å². The number of nitrogens with zero attached hydrogens (tertiary/aromatic N) is 1. The first kappa shape index (κ1) is 17.6. The van der Waals surface area contributed by atoms with Crippen LogP contribution in [0.1, 0.15) is 38.2 Å². The highest BCUT2D eigenvalue weighted by atomic mass is 79.9. The average Bonchev–Trinajstić information content (AvgIpc) is 2.50. The zero-order valence-corrected chi connectivity index (χ0v) is 15.2. The Bertz CT molecular complexity index is 493. The molecule has 1 aliphatic heterocycles.